The van der Waals surface area contributed by atoms with Crippen LogP contribution in [0.25, 0.3) is 21.6 Å². The Balaban J connectivity index is 1.59. The molecule has 0 aromatic carbocycles. The van der Waals surface area contributed by atoms with E-state index in [4.69, 9.17) is 10.8 Å². The van der Waals surface area contributed by atoms with Crippen LogP contribution in [0.2, 0.25) is 0 Å². The Hall–Kier alpha value is -3.46. The van der Waals surface area contributed by atoms with E-state index in [0.717, 1.165) is 27.3 Å². The number of fused-ring (bicyclic) bond motifs is 1. The van der Waals surface area contributed by atoms with Crippen molar-refractivity contribution in [2.45, 2.75) is 6.92 Å². The van der Waals surface area contributed by atoms with Gasteiger partial charge in [-0.1, -0.05) is 0 Å². The number of pyridine rings is 2. The van der Waals surface area contributed by atoms with Crippen LogP contribution in [0.3, 0.4) is 0 Å². The monoisotopic (exact) mass is 376 g/mol. The van der Waals surface area contributed by atoms with Crippen LogP contribution >= 0.6 is 11.5 Å². The van der Waals surface area contributed by atoms with E-state index in [1.165, 1.54) is 16.2 Å². The highest BCUT2D eigenvalue weighted by Gasteiger charge is 2.09. The lowest BCUT2D eigenvalue weighted by atomic mass is 10.3. The molecule has 0 saturated carbocycles. The van der Waals surface area contributed by atoms with E-state index in [1.807, 2.05) is 31.2 Å². The molecule has 4 aromatic rings. The largest absolute Gasteiger partial charge is 0.376 e. The van der Waals surface area contributed by atoms with E-state index in [2.05, 4.69) is 24.8 Å². The van der Waals surface area contributed by atoms with E-state index in [0.29, 0.717) is 5.69 Å². The number of aromatic nitrogens is 5. The highest BCUT2D eigenvalue weighted by molar-refractivity contribution is 7.09. The van der Waals surface area contributed by atoms with E-state index < -0.39 is 0 Å². The predicted molar refractivity (Wildman–Crippen MR) is 105 cm³/mol. The lowest BCUT2D eigenvalue weighted by Crippen LogP contribution is -2.33. The van der Waals surface area contributed by atoms with Gasteiger partial charge in [-0.3, -0.25) is 20.8 Å². The number of hydrogen-bond donors (Lipinski definition) is 3. The van der Waals surface area contributed by atoms with Gasteiger partial charge in [-0.25, -0.2) is 0 Å². The fourth-order valence-electron chi connectivity index (χ4n) is 2.62. The van der Waals surface area contributed by atoms with Crippen molar-refractivity contribution in [2.24, 2.45) is 0 Å². The van der Waals surface area contributed by atoms with Gasteiger partial charge in [0.1, 0.15) is 22.5 Å². The first-order chi connectivity index (χ1) is 13.1. The first-order valence-electron chi connectivity index (χ1n) is 8.22. The smallest absolute Gasteiger partial charge is 0.148 e. The average molecular weight is 376 g/mol. The van der Waals surface area contributed by atoms with Crippen molar-refractivity contribution in [1.29, 1.82) is 10.8 Å². The molecule has 134 valence electrons. The quantitative estimate of drug-likeness (QED) is 0.374. The summed E-state index contributed by atoms with van der Waals surface area (Å²) in [5, 5.41) is 24.1. The summed E-state index contributed by atoms with van der Waals surface area (Å²) in [6, 6.07) is 10.9. The molecule has 0 atom stereocenters. The molecule has 8 nitrogen and oxygen atoms in total. The highest BCUT2D eigenvalue weighted by Crippen LogP contribution is 2.21. The number of nitrogens with one attached hydrogen (secondary N) is 3. The molecule has 27 heavy (non-hydrogen) atoms. The summed E-state index contributed by atoms with van der Waals surface area (Å²) in [5.41, 5.74) is 4.06. The van der Waals surface area contributed by atoms with Gasteiger partial charge in [-0.05, 0) is 54.9 Å². The molecule has 9 heteroatoms. The van der Waals surface area contributed by atoms with Crippen LogP contribution in [-0.2, 0) is 0 Å². The van der Waals surface area contributed by atoms with Crippen molar-refractivity contribution in [3.05, 3.63) is 60.0 Å². The molecule has 0 fully saturated rings. The van der Waals surface area contributed by atoms with Crippen molar-refractivity contribution in [3.8, 4) is 10.6 Å². The molecule has 0 spiro atoms. The van der Waals surface area contributed by atoms with Gasteiger partial charge >= 0.3 is 0 Å². The van der Waals surface area contributed by atoms with Crippen molar-refractivity contribution in [2.75, 3.05) is 11.9 Å². The van der Waals surface area contributed by atoms with Crippen LogP contribution in [-0.4, -0.2) is 36.5 Å². The molecule has 4 aromatic heterocycles. The van der Waals surface area contributed by atoms with Gasteiger partial charge in [0.05, 0.1) is 28.3 Å². The van der Waals surface area contributed by atoms with Crippen molar-refractivity contribution in [1.82, 2.24) is 24.1 Å². The fraction of sp³-hybridized carbons (Fsp3) is 0.111. The summed E-state index contributed by atoms with van der Waals surface area (Å²) >= 11 is 1.35. The van der Waals surface area contributed by atoms with Gasteiger partial charge in [0.2, 0.25) is 0 Å². The zero-order valence-corrected chi connectivity index (χ0v) is 15.3. The molecule has 0 saturated heterocycles. The van der Waals surface area contributed by atoms with Crippen LogP contribution < -0.4 is 10.8 Å². The van der Waals surface area contributed by atoms with Crippen molar-refractivity contribution >= 4 is 34.1 Å². The van der Waals surface area contributed by atoms with Gasteiger partial charge < -0.3 is 5.32 Å². The number of aryl methyl sites for hydroxylation is 1. The Labute approximate surface area is 158 Å². The summed E-state index contributed by atoms with van der Waals surface area (Å²) in [7, 11) is 0. The van der Waals surface area contributed by atoms with Crippen LogP contribution in [0.5, 0.6) is 0 Å². The zero-order chi connectivity index (χ0) is 18.8. The third-order valence-corrected chi connectivity index (χ3v) is 4.82. The molecule has 4 heterocycles. The first-order valence-corrected chi connectivity index (χ1v) is 8.99. The Morgan fingerprint density at radius 2 is 2.07 bits per heavy atom. The minimum absolute atomic E-state index is 0.143. The van der Waals surface area contributed by atoms with Crippen LogP contribution in [0.1, 0.15) is 5.69 Å². The fourth-order valence-corrected chi connectivity index (χ4v) is 3.34. The van der Waals surface area contributed by atoms with Crippen molar-refractivity contribution in [3.63, 3.8) is 0 Å². The lowest BCUT2D eigenvalue weighted by Gasteiger charge is -2.11. The van der Waals surface area contributed by atoms with E-state index >= 15 is 0 Å². The molecule has 0 bridgehead atoms. The van der Waals surface area contributed by atoms with Gasteiger partial charge in [0, 0.05) is 12.4 Å². The highest BCUT2D eigenvalue weighted by atomic mass is 32.1. The second kappa shape index (κ2) is 7.04. The summed E-state index contributed by atoms with van der Waals surface area (Å²) in [4.78, 5) is 9.53. The normalized spacial score (nSPS) is 10.9. The minimum atomic E-state index is 0.143. The Morgan fingerprint density at radius 1 is 1.19 bits per heavy atom. The van der Waals surface area contributed by atoms with E-state index in [1.54, 1.807) is 24.5 Å². The first kappa shape index (κ1) is 17.0. The van der Waals surface area contributed by atoms with Gasteiger partial charge in [0.15, 0.2) is 0 Å². The molecule has 0 aliphatic rings. The molecule has 0 amide bonds. The second-order valence-corrected chi connectivity index (χ2v) is 6.68. The molecular formula is C18H16N8S. The third kappa shape index (κ3) is 3.44. The lowest BCUT2D eigenvalue weighted by molar-refractivity contribution is 0.806. The van der Waals surface area contributed by atoms with E-state index in [9.17, 15) is 0 Å². The maximum Gasteiger partial charge on any atom is 0.148 e. The molecule has 0 aliphatic carbocycles. The SMILES string of the molecule is Cc1cc(-c2ccc(=N)n(C(=N)CNc3ccnc4cccnc34)n2)sn1. The average Bonchev–Trinajstić information content (AvgIpc) is 3.12. The molecular weight excluding hydrogens is 360 g/mol. The molecule has 4 rings (SSSR count). The van der Waals surface area contributed by atoms with Gasteiger partial charge in [-0.2, -0.15) is 14.2 Å². The predicted octanol–water partition coefficient (Wildman–Crippen LogP) is 2.68. The standard InChI is InChI=1S/C18H16N8S/c1-11-9-15(27-25-11)12-4-5-16(19)26(24-12)17(20)10-23-14-6-8-21-13-3-2-7-22-18(13)14/h2-9,19-20H,10H2,1H3,(H,21,23). The number of rotatable bonds is 4. The molecule has 0 unspecified atom stereocenters. The van der Waals surface area contributed by atoms with Crippen LogP contribution in [0, 0.1) is 17.7 Å². The minimum Gasteiger partial charge on any atom is -0.376 e. The molecule has 0 radical (unpaired) electrons. The summed E-state index contributed by atoms with van der Waals surface area (Å²) in [6.45, 7) is 2.12. The van der Waals surface area contributed by atoms with Gasteiger partial charge in [-0.15, -0.1) is 0 Å². The molecule has 0 aliphatic heterocycles. The summed E-state index contributed by atoms with van der Waals surface area (Å²) in [5.74, 6) is 0.156. The third-order valence-electron chi connectivity index (χ3n) is 3.91. The van der Waals surface area contributed by atoms with Crippen LogP contribution in [0.4, 0.5) is 5.69 Å². The summed E-state index contributed by atoms with van der Waals surface area (Å²) < 4.78 is 5.58. The van der Waals surface area contributed by atoms with Crippen LogP contribution in [0.15, 0.2) is 48.8 Å². The zero-order valence-electron chi connectivity index (χ0n) is 14.5. The number of anilines is 1. The second-order valence-electron chi connectivity index (χ2n) is 5.88. The number of hydrogen-bond acceptors (Lipinski definition) is 8. The van der Waals surface area contributed by atoms with E-state index in [-0.39, 0.29) is 17.9 Å². The Kier molecular flexibility index (Phi) is 4.43. The topological polar surface area (TPSA) is 116 Å². The number of nitrogens with zero attached hydrogens (tertiary/aromatic N) is 5. The van der Waals surface area contributed by atoms with Crippen molar-refractivity contribution < 1.29 is 0 Å². The van der Waals surface area contributed by atoms with Gasteiger partial charge in [0.25, 0.3) is 0 Å². The maximum absolute atomic E-state index is 8.36. The Bertz CT molecular complexity index is 1190. The maximum atomic E-state index is 8.36. The Morgan fingerprint density at radius 3 is 2.89 bits per heavy atom. The summed E-state index contributed by atoms with van der Waals surface area (Å²) in [6.07, 6.45) is 3.41. The molecule has 3 N–H and O–H groups in total.